The third kappa shape index (κ3) is 3.24. The first-order valence-corrected chi connectivity index (χ1v) is 9.04. The molecule has 1 atom stereocenters. The monoisotopic (exact) mass is 337 g/mol. The molecule has 5 nitrogen and oxygen atoms in total. The standard InChI is InChI=1S/C20H23N3O2/c24-19-9-17(16-7-3-4-8-18(16)23-19)20(25)22-12-14-11-21-10-13-5-1-2-6-15(13)14/h1-2,5-6,9,14,21H,3-4,7-8,10-12H2,(H,22,25)(H,23,24). The number of H-pyrrole nitrogens is 1. The van der Waals surface area contributed by atoms with Gasteiger partial charge in [-0.05, 0) is 42.4 Å². The second-order valence-electron chi connectivity index (χ2n) is 6.95. The minimum atomic E-state index is -0.185. The number of hydrogen-bond acceptors (Lipinski definition) is 3. The van der Waals surface area contributed by atoms with Gasteiger partial charge in [-0.25, -0.2) is 0 Å². The number of carbonyl (C=O) groups is 1. The Hall–Kier alpha value is -2.40. The summed E-state index contributed by atoms with van der Waals surface area (Å²) in [6.07, 6.45) is 3.85. The van der Waals surface area contributed by atoms with E-state index < -0.39 is 0 Å². The van der Waals surface area contributed by atoms with Crippen LogP contribution >= 0.6 is 0 Å². The summed E-state index contributed by atoms with van der Waals surface area (Å²) in [7, 11) is 0. The van der Waals surface area contributed by atoms with Crippen LogP contribution in [0, 0.1) is 0 Å². The van der Waals surface area contributed by atoms with E-state index in [0.717, 1.165) is 50.0 Å². The number of hydrogen-bond donors (Lipinski definition) is 3. The second-order valence-corrected chi connectivity index (χ2v) is 6.95. The highest BCUT2D eigenvalue weighted by Crippen LogP contribution is 2.24. The molecule has 1 aliphatic heterocycles. The molecule has 1 aromatic carbocycles. The Morgan fingerprint density at radius 3 is 2.96 bits per heavy atom. The Morgan fingerprint density at radius 1 is 1.20 bits per heavy atom. The molecule has 1 aliphatic carbocycles. The van der Waals surface area contributed by atoms with E-state index in [1.807, 2.05) is 12.1 Å². The van der Waals surface area contributed by atoms with Gasteiger partial charge in [0.05, 0.1) is 0 Å². The zero-order chi connectivity index (χ0) is 17.2. The number of nitrogens with one attached hydrogen (secondary N) is 3. The maximum absolute atomic E-state index is 12.7. The van der Waals surface area contributed by atoms with Crippen LogP contribution in [0.4, 0.5) is 0 Å². The summed E-state index contributed by atoms with van der Waals surface area (Å²) in [5.41, 5.74) is 4.92. The first-order valence-electron chi connectivity index (χ1n) is 9.04. The number of pyridine rings is 1. The zero-order valence-electron chi connectivity index (χ0n) is 14.2. The first kappa shape index (κ1) is 16.1. The van der Waals surface area contributed by atoms with Crippen LogP contribution in [0.1, 0.15) is 51.5 Å². The van der Waals surface area contributed by atoms with Crippen molar-refractivity contribution in [3.63, 3.8) is 0 Å². The fourth-order valence-corrected chi connectivity index (χ4v) is 4.02. The van der Waals surface area contributed by atoms with Gasteiger partial charge in [0.15, 0.2) is 0 Å². The maximum Gasteiger partial charge on any atom is 0.251 e. The van der Waals surface area contributed by atoms with Crippen molar-refractivity contribution in [3.8, 4) is 0 Å². The van der Waals surface area contributed by atoms with Crippen LogP contribution in [-0.4, -0.2) is 24.0 Å². The van der Waals surface area contributed by atoms with Crippen molar-refractivity contribution in [1.82, 2.24) is 15.6 Å². The fraction of sp³-hybridized carbons (Fsp3) is 0.400. The quantitative estimate of drug-likeness (QED) is 0.800. The lowest BCUT2D eigenvalue weighted by molar-refractivity contribution is 0.0949. The largest absolute Gasteiger partial charge is 0.351 e. The van der Waals surface area contributed by atoms with Gasteiger partial charge < -0.3 is 15.6 Å². The van der Waals surface area contributed by atoms with E-state index in [2.05, 4.69) is 27.8 Å². The number of carbonyl (C=O) groups excluding carboxylic acids is 1. The molecule has 2 aliphatic rings. The van der Waals surface area contributed by atoms with Crippen molar-refractivity contribution >= 4 is 5.91 Å². The molecule has 25 heavy (non-hydrogen) atoms. The minimum Gasteiger partial charge on any atom is -0.351 e. The molecule has 0 fully saturated rings. The lowest BCUT2D eigenvalue weighted by Crippen LogP contribution is -2.37. The molecular weight excluding hydrogens is 314 g/mol. The summed E-state index contributed by atoms with van der Waals surface area (Å²) in [5.74, 6) is 0.124. The van der Waals surface area contributed by atoms with Gasteiger partial charge in [0.2, 0.25) is 5.56 Å². The highest BCUT2D eigenvalue weighted by molar-refractivity contribution is 5.95. The van der Waals surface area contributed by atoms with Gasteiger partial charge in [0.1, 0.15) is 0 Å². The number of aromatic nitrogens is 1. The molecular formula is C20H23N3O2. The van der Waals surface area contributed by atoms with Crippen molar-refractivity contribution in [2.45, 2.75) is 38.1 Å². The fourth-order valence-electron chi connectivity index (χ4n) is 4.02. The van der Waals surface area contributed by atoms with Gasteiger partial charge in [0, 0.05) is 42.9 Å². The topological polar surface area (TPSA) is 74.0 Å². The lowest BCUT2D eigenvalue weighted by Gasteiger charge is -2.27. The van der Waals surface area contributed by atoms with Crippen molar-refractivity contribution in [1.29, 1.82) is 0 Å². The summed E-state index contributed by atoms with van der Waals surface area (Å²) in [4.78, 5) is 27.5. The summed E-state index contributed by atoms with van der Waals surface area (Å²) < 4.78 is 0. The molecule has 0 saturated carbocycles. The van der Waals surface area contributed by atoms with Crippen LogP contribution in [0.25, 0.3) is 0 Å². The summed E-state index contributed by atoms with van der Waals surface area (Å²) >= 11 is 0. The number of amides is 1. The smallest absolute Gasteiger partial charge is 0.251 e. The number of fused-ring (bicyclic) bond motifs is 2. The Labute approximate surface area is 146 Å². The van der Waals surface area contributed by atoms with Crippen LogP contribution < -0.4 is 16.2 Å². The molecule has 0 bridgehead atoms. The Morgan fingerprint density at radius 2 is 2.04 bits per heavy atom. The molecule has 0 saturated heterocycles. The number of aryl methyl sites for hydroxylation is 1. The van der Waals surface area contributed by atoms with Gasteiger partial charge in [-0.2, -0.15) is 0 Å². The third-order valence-electron chi connectivity index (χ3n) is 5.30. The van der Waals surface area contributed by atoms with Crippen LogP contribution in [-0.2, 0) is 19.4 Å². The third-order valence-corrected chi connectivity index (χ3v) is 5.30. The Balaban J connectivity index is 1.52. The van der Waals surface area contributed by atoms with Crippen molar-refractivity contribution in [2.75, 3.05) is 13.1 Å². The summed E-state index contributed by atoms with van der Waals surface area (Å²) in [6.45, 7) is 2.30. The Kier molecular flexibility index (Phi) is 4.40. The van der Waals surface area contributed by atoms with Crippen molar-refractivity contribution in [3.05, 3.63) is 68.6 Å². The summed E-state index contributed by atoms with van der Waals surface area (Å²) in [6, 6.07) is 9.81. The molecule has 0 radical (unpaired) electrons. The van der Waals surface area contributed by atoms with E-state index in [1.54, 1.807) is 0 Å². The van der Waals surface area contributed by atoms with E-state index in [0.29, 0.717) is 12.1 Å². The Bertz CT molecular complexity index is 856. The van der Waals surface area contributed by atoms with Crippen molar-refractivity contribution < 1.29 is 4.79 Å². The average molecular weight is 337 g/mol. The van der Waals surface area contributed by atoms with Crippen LogP contribution in [0.5, 0.6) is 0 Å². The molecule has 1 aromatic heterocycles. The highest BCUT2D eigenvalue weighted by atomic mass is 16.2. The van der Waals surface area contributed by atoms with Crippen LogP contribution in [0.2, 0.25) is 0 Å². The molecule has 130 valence electrons. The lowest BCUT2D eigenvalue weighted by atomic mass is 9.90. The number of aromatic amines is 1. The molecule has 1 unspecified atom stereocenters. The maximum atomic E-state index is 12.7. The summed E-state index contributed by atoms with van der Waals surface area (Å²) in [5, 5.41) is 6.46. The zero-order valence-corrected chi connectivity index (χ0v) is 14.2. The van der Waals surface area contributed by atoms with Gasteiger partial charge >= 0.3 is 0 Å². The molecule has 2 aromatic rings. The molecule has 5 heteroatoms. The van der Waals surface area contributed by atoms with E-state index in [1.165, 1.54) is 17.2 Å². The van der Waals surface area contributed by atoms with Crippen molar-refractivity contribution in [2.24, 2.45) is 0 Å². The second kappa shape index (κ2) is 6.84. The van der Waals surface area contributed by atoms with Gasteiger partial charge in [0.25, 0.3) is 5.91 Å². The molecule has 1 amide bonds. The van der Waals surface area contributed by atoms with Gasteiger partial charge in [-0.3, -0.25) is 9.59 Å². The van der Waals surface area contributed by atoms with E-state index in [9.17, 15) is 9.59 Å². The minimum absolute atomic E-state index is 0.132. The molecule has 4 rings (SSSR count). The SMILES string of the molecule is O=C(NCC1CNCc2ccccc21)c1cc(=O)[nH]c2c1CCCC2. The van der Waals surface area contributed by atoms with Gasteiger partial charge in [-0.1, -0.05) is 24.3 Å². The predicted octanol–water partition coefficient (Wildman–Crippen LogP) is 1.87. The molecule has 2 heterocycles. The molecule has 0 spiro atoms. The normalized spacial score (nSPS) is 19.0. The van der Waals surface area contributed by atoms with E-state index in [-0.39, 0.29) is 17.4 Å². The number of benzene rings is 1. The van der Waals surface area contributed by atoms with E-state index in [4.69, 9.17) is 0 Å². The van der Waals surface area contributed by atoms with E-state index >= 15 is 0 Å². The van der Waals surface area contributed by atoms with Crippen LogP contribution in [0.3, 0.4) is 0 Å². The molecule has 3 N–H and O–H groups in total. The van der Waals surface area contributed by atoms with Crippen LogP contribution in [0.15, 0.2) is 35.1 Å². The number of rotatable bonds is 3. The average Bonchev–Trinajstić information content (AvgIpc) is 2.65. The predicted molar refractivity (Wildman–Crippen MR) is 96.9 cm³/mol. The first-order chi connectivity index (χ1) is 12.2. The van der Waals surface area contributed by atoms with Gasteiger partial charge in [-0.15, -0.1) is 0 Å². The highest BCUT2D eigenvalue weighted by Gasteiger charge is 2.22.